The number of methoxy groups -OCH3 is 1. The van der Waals surface area contributed by atoms with Crippen molar-refractivity contribution in [1.82, 2.24) is 4.90 Å². The van der Waals surface area contributed by atoms with Crippen molar-refractivity contribution in [3.63, 3.8) is 0 Å². The quantitative estimate of drug-likeness (QED) is 0.847. The molecule has 2 saturated heterocycles. The lowest BCUT2D eigenvalue weighted by Crippen LogP contribution is -2.40. The van der Waals surface area contributed by atoms with Crippen molar-refractivity contribution in [3.8, 4) is 5.75 Å². The van der Waals surface area contributed by atoms with Gasteiger partial charge >= 0.3 is 6.09 Å². The van der Waals surface area contributed by atoms with Crippen molar-refractivity contribution >= 4 is 17.6 Å². The third-order valence-corrected chi connectivity index (χ3v) is 4.13. The average Bonchev–Trinajstić information content (AvgIpc) is 2.90. The summed E-state index contributed by atoms with van der Waals surface area (Å²) in [4.78, 5) is 27.1. The van der Waals surface area contributed by atoms with E-state index in [-0.39, 0.29) is 12.2 Å². The number of carbonyl (C=O) groups excluding carboxylic acids is 2. The Kier molecular flexibility index (Phi) is 4.29. The number of ether oxygens (including phenoxy) is 2. The van der Waals surface area contributed by atoms with E-state index in [1.807, 2.05) is 24.3 Å². The van der Waals surface area contributed by atoms with Gasteiger partial charge in [-0.15, -0.1) is 0 Å². The van der Waals surface area contributed by atoms with E-state index >= 15 is 0 Å². The molecule has 1 aromatic rings. The molecule has 0 aromatic heterocycles. The van der Waals surface area contributed by atoms with E-state index in [9.17, 15) is 9.59 Å². The van der Waals surface area contributed by atoms with Crippen LogP contribution in [-0.4, -0.2) is 56.2 Å². The summed E-state index contributed by atoms with van der Waals surface area (Å²) < 4.78 is 10.6. The van der Waals surface area contributed by atoms with Gasteiger partial charge in [-0.25, -0.2) is 4.79 Å². The highest BCUT2D eigenvalue weighted by Gasteiger charge is 2.34. The predicted octanol–water partition coefficient (Wildman–Crippen LogP) is 1.69. The van der Waals surface area contributed by atoms with Crippen LogP contribution in [0, 0.1) is 0 Å². The highest BCUT2D eigenvalue weighted by atomic mass is 16.6. The molecule has 0 saturated carbocycles. The van der Waals surface area contributed by atoms with Crippen molar-refractivity contribution in [1.29, 1.82) is 0 Å². The molecule has 6 heteroatoms. The Morgan fingerprint density at radius 2 is 1.86 bits per heavy atom. The zero-order valence-electron chi connectivity index (χ0n) is 12.7. The number of hydrogen-bond donors (Lipinski definition) is 0. The van der Waals surface area contributed by atoms with Gasteiger partial charge in [0.15, 0.2) is 0 Å². The maximum absolute atomic E-state index is 12.0. The van der Waals surface area contributed by atoms with E-state index in [1.54, 1.807) is 12.0 Å². The van der Waals surface area contributed by atoms with Gasteiger partial charge in [-0.3, -0.25) is 14.6 Å². The Morgan fingerprint density at radius 3 is 2.50 bits per heavy atom. The normalized spacial score (nSPS) is 22.8. The first-order chi connectivity index (χ1) is 10.7. The van der Waals surface area contributed by atoms with Gasteiger partial charge in [-0.05, 0) is 24.3 Å². The Labute approximate surface area is 129 Å². The third-order valence-electron chi connectivity index (χ3n) is 4.13. The number of ketones is 1. The monoisotopic (exact) mass is 304 g/mol. The molecular formula is C16H20N2O4. The summed E-state index contributed by atoms with van der Waals surface area (Å²) in [7, 11) is 1.61. The maximum atomic E-state index is 12.0. The average molecular weight is 304 g/mol. The summed E-state index contributed by atoms with van der Waals surface area (Å²) in [5.74, 6) is 1.07. The van der Waals surface area contributed by atoms with Crippen molar-refractivity contribution < 1.29 is 19.1 Å². The Balaban J connectivity index is 1.59. The standard InChI is InChI=1S/C16H20N2O4/c1-21-14-4-2-12(3-5-14)18-11-15(22-16(18)20)10-17-8-6-13(19)7-9-17/h2-5,15H,6-11H2,1H3. The van der Waals surface area contributed by atoms with Crippen LogP contribution in [0.5, 0.6) is 5.75 Å². The number of amides is 1. The molecule has 2 fully saturated rings. The molecule has 118 valence electrons. The van der Waals surface area contributed by atoms with Gasteiger partial charge in [0, 0.05) is 38.2 Å². The zero-order valence-corrected chi connectivity index (χ0v) is 12.7. The van der Waals surface area contributed by atoms with E-state index in [2.05, 4.69) is 4.90 Å². The number of cyclic esters (lactones) is 1. The fourth-order valence-electron chi connectivity index (χ4n) is 2.86. The summed E-state index contributed by atoms with van der Waals surface area (Å²) in [6.07, 6.45) is 0.734. The van der Waals surface area contributed by atoms with Crippen LogP contribution in [-0.2, 0) is 9.53 Å². The zero-order chi connectivity index (χ0) is 15.5. The lowest BCUT2D eigenvalue weighted by atomic mass is 10.1. The number of anilines is 1. The number of hydrogen-bond acceptors (Lipinski definition) is 5. The van der Waals surface area contributed by atoms with Crippen LogP contribution in [0.2, 0.25) is 0 Å². The Bertz CT molecular complexity index is 548. The minimum atomic E-state index is -0.316. The van der Waals surface area contributed by atoms with Crippen molar-refractivity contribution in [2.45, 2.75) is 18.9 Å². The van der Waals surface area contributed by atoms with Gasteiger partial charge in [0.25, 0.3) is 0 Å². The number of benzene rings is 1. The number of carbonyl (C=O) groups is 2. The van der Waals surface area contributed by atoms with Crippen LogP contribution >= 0.6 is 0 Å². The summed E-state index contributed by atoms with van der Waals surface area (Å²) in [6.45, 7) is 2.74. The highest BCUT2D eigenvalue weighted by Crippen LogP contribution is 2.24. The fraction of sp³-hybridized carbons (Fsp3) is 0.500. The highest BCUT2D eigenvalue weighted by molar-refractivity contribution is 5.89. The van der Waals surface area contributed by atoms with Crippen LogP contribution < -0.4 is 9.64 Å². The molecule has 2 heterocycles. The van der Waals surface area contributed by atoms with Crippen LogP contribution in [0.15, 0.2) is 24.3 Å². The second-order valence-corrected chi connectivity index (χ2v) is 5.65. The summed E-state index contributed by atoms with van der Waals surface area (Å²) in [5, 5.41) is 0. The van der Waals surface area contributed by atoms with Crippen molar-refractivity contribution in [3.05, 3.63) is 24.3 Å². The second kappa shape index (κ2) is 6.36. The van der Waals surface area contributed by atoms with E-state index in [0.717, 1.165) is 24.5 Å². The van der Waals surface area contributed by atoms with Crippen LogP contribution in [0.3, 0.4) is 0 Å². The Hall–Kier alpha value is -2.08. The van der Waals surface area contributed by atoms with E-state index in [0.29, 0.717) is 31.7 Å². The molecule has 1 aromatic carbocycles. The van der Waals surface area contributed by atoms with Gasteiger partial charge < -0.3 is 9.47 Å². The lowest BCUT2D eigenvalue weighted by molar-refractivity contribution is -0.121. The number of likely N-dealkylation sites (tertiary alicyclic amines) is 1. The minimum absolute atomic E-state index is 0.150. The van der Waals surface area contributed by atoms with Gasteiger partial charge in [-0.1, -0.05) is 0 Å². The molecule has 1 unspecified atom stereocenters. The number of Topliss-reactive ketones (excluding diaryl/α,β-unsaturated/α-hetero) is 1. The Morgan fingerprint density at radius 1 is 1.18 bits per heavy atom. The van der Waals surface area contributed by atoms with E-state index < -0.39 is 0 Å². The van der Waals surface area contributed by atoms with Gasteiger partial charge in [0.05, 0.1) is 13.7 Å². The van der Waals surface area contributed by atoms with E-state index in [4.69, 9.17) is 9.47 Å². The third kappa shape index (κ3) is 3.22. The molecule has 0 bridgehead atoms. The predicted molar refractivity (Wildman–Crippen MR) is 81.3 cm³/mol. The first-order valence-corrected chi connectivity index (χ1v) is 7.52. The molecule has 2 aliphatic heterocycles. The molecule has 0 spiro atoms. The molecule has 3 rings (SSSR count). The molecule has 1 atom stereocenters. The van der Waals surface area contributed by atoms with Gasteiger partial charge in [0.1, 0.15) is 17.6 Å². The van der Waals surface area contributed by atoms with Crippen LogP contribution in [0.4, 0.5) is 10.5 Å². The molecule has 0 radical (unpaired) electrons. The van der Waals surface area contributed by atoms with Crippen LogP contribution in [0.25, 0.3) is 0 Å². The van der Waals surface area contributed by atoms with Crippen LogP contribution in [0.1, 0.15) is 12.8 Å². The lowest BCUT2D eigenvalue weighted by Gasteiger charge is -2.27. The summed E-state index contributed by atoms with van der Waals surface area (Å²) >= 11 is 0. The number of rotatable bonds is 4. The topological polar surface area (TPSA) is 59.1 Å². The first-order valence-electron chi connectivity index (χ1n) is 7.52. The summed E-state index contributed by atoms with van der Waals surface area (Å²) in [6, 6.07) is 7.35. The van der Waals surface area contributed by atoms with Gasteiger partial charge in [0.2, 0.25) is 0 Å². The molecule has 6 nitrogen and oxygen atoms in total. The number of piperidine rings is 1. The largest absolute Gasteiger partial charge is 0.497 e. The minimum Gasteiger partial charge on any atom is -0.497 e. The van der Waals surface area contributed by atoms with Crippen molar-refractivity contribution in [2.24, 2.45) is 0 Å². The molecule has 0 aliphatic carbocycles. The van der Waals surface area contributed by atoms with Crippen molar-refractivity contribution in [2.75, 3.05) is 38.2 Å². The number of nitrogens with zero attached hydrogens (tertiary/aromatic N) is 2. The fourth-order valence-corrected chi connectivity index (χ4v) is 2.86. The molecule has 1 amide bonds. The second-order valence-electron chi connectivity index (χ2n) is 5.65. The molecule has 22 heavy (non-hydrogen) atoms. The van der Waals surface area contributed by atoms with Gasteiger partial charge in [-0.2, -0.15) is 0 Å². The van der Waals surface area contributed by atoms with E-state index in [1.165, 1.54) is 0 Å². The first kappa shape index (κ1) is 14.8. The SMILES string of the molecule is COc1ccc(N2CC(CN3CCC(=O)CC3)OC2=O)cc1. The molecular weight excluding hydrogens is 284 g/mol. The maximum Gasteiger partial charge on any atom is 0.414 e. The summed E-state index contributed by atoms with van der Waals surface area (Å²) in [5.41, 5.74) is 0.808. The molecule has 0 N–H and O–H groups in total. The molecule has 2 aliphatic rings. The smallest absolute Gasteiger partial charge is 0.414 e.